The highest BCUT2D eigenvalue weighted by Gasteiger charge is 2.18. The second kappa shape index (κ2) is 6.16. The Hall–Kier alpha value is -0.393. The molecule has 0 aromatic carbocycles. The molecule has 0 aromatic heterocycles. The number of hydrogen-bond acceptors (Lipinski definition) is 4. The van der Waals surface area contributed by atoms with Crippen LogP contribution in [-0.2, 0) is 14.3 Å². The molecule has 1 N–H and O–H groups in total. The van der Waals surface area contributed by atoms with Gasteiger partial charge in [0.25, 0.3) is 6.29 Å². The first-order valence-electron chi connectivity index (χ1n) is 4.83. The molecule has 4 nitrogen and oxygen atoms in total. The van der Waals surface area contributed by atoms with Crippen molar-refractivity contribution in [3.05, 3.63) is 0 Å². The molecular weight excluding hydrogens is 200 g/mol. The quantitative estimate of drug-likeness (QED) is 0.415. The minimum absolute atomic E-state index is 0.296. The van der Waals surface area contributed by atoms with E-state index in [0.29, 0.717) is 13.2 Å². The van der Waals surface area contributed by atoms with Gasteiger partial charge in [-0.3, -0.25) is 0 Å². The summed E-state index contributed by atoms with van der Waals surface area (Å²) >= 11 is 0. The molecule has 5 heteroatoms. The van der Waals surface area contributed by atoms with Crippen molar-refractivity contribution in [2.24, 2.45) is 0 Å². The van der Waals surface area contributed by atoms with E-state index >= 15 is 0 Å². The minimum Gasteiger partial charge on any atom is -0.462 e. The summed E-state index contributed by atoms with van der Waals surface area (Å²) in [4.78, 5) is 11.0. The lowest BCUT2D eigenvalue weighted by Crippen LogP contribution is -2.29. The summed E-state index contributed by atoms with van der Waals surface area (Å²) in [5.74, 6) is -0.690. The summed E-state index contributed by atoms with van der Waals surface area (Å²) in [5.41, 5.74) is 0. The third-order valence-corrected chi connectivity index (χ3v) is 3.33. The van der Waals surface area contributed by atoms with Gasteiger partial charge in [0.2, 0.25) is 0 Å². The zero-order chi connectivity index (χ0) is 11.2. The van der Waals surface area contributed by atoms with E-state index in [4.69, 9.17) is 9.84 Å². The second-order valence-electron chi connectivity index (χ2n) is 4.29. The van der Waals surface area contributed by atoms with Gasteiger partial charge in [-0.2, -0.15) is 0 Å². The molecule has 14 heavy (non-hydrogen) atoms. The number of esters is 1. The van der Waals surface area contributed by atoms with E-state index < -0.39 is 20.3 Å². The normalized spacial score (nSPS) is 13.8. The molecule has 0 aromatic rings. The fourth-order valence-electron chi connectivity index (χ4n) is 0.755. The third-order valence-electron chi connectivity index (χ3n) is 1.62. The van der Waals surface area contributed by atoms with Crippen molar-refractivity contribution in [2.75, 3.05) is 13.2 Å². The molecular formula is C9H20O4Si. The van der Waals surface area contributed by atoms with Crippen LogP contribution in [0.3, 0.4) is 0 Å². The molecule has 0 spiro atoms. The molecule has 84 valence electrons. The Labute approximate surface area is 86.2 Å². The Morgan fingerprint density at radius 1 is 1.43 bits per heavy atom. The average Bonchev–Trinajstić information content (AvgIpc) is 2.02. The maximum Gasteiger partial charge on any atom is 0.363 e. The van der Waals surface area contributed by atoms with Crippen LogP contribution < -0.4 is 0 Å². The topological polar surface area (TPSA) is 55.8 Å². The van der Waals surface area contributed by atoms with Crippen molar-refractivity contribution in [1.29, 1.82) is 0 Å². The van der Waals surface area contributed by atoms with Gasteiger partial charge in [-0.15, -0.1) is 0 Å². The Morgan fingerprint density at radius 3 is 2.43 bits per heavy atom. The van der Waals surface area contributed by atoms with Crippen LogP contribution in [0.15, 0.2) is 0 Å². The van der Waals surface area contributed by atoms with Crippen LogP contribution in [-0.4, -0.2) is 38.7 Å². The van der Waals surface area contributed by atoms with Gasteiger partial charge in [0.15, 0.2) is 0 Å². The standard InChI is InChI=1S/C9H20O4Si/c1-5-12-8(10)9(11)13-6-7-14(2,3)4/h8,10H,5-7H2,1-4H3. The van der Waals surface area contributed by atoms with E-state index in [-0.39, 0.29) is 0 Å². The number of ether oxygens (including phenoxy) is 2. The molecule has 0 aliphatic heterocycles. The molecule has 0 rings (SSSR count). The van der Waals surface area contributed by atoms with Crippen molar-refractivity contribution in [3.63, 3.8) is 0 Å². The number of rotatable bonds is 6. The Balaban J connectivity index is 3.64. The maximum absolute atomic E-state index is 11.0. The smallest absolute Gasteiger partial charge is 0.363 e. The van der Waals surface area contributed by atoms with Crippen LogP contribution in [0.4, 0.5) is 0 Å². The third kappa shape index (κ3) is 7.05. The zero-order valence-corrected chi connectivity index (χ0v) is 10.4. The van der Waals surface area contributed by atoms with Gasteiger partial charge in [-0.05, 0) is 13.0 Å². The monoisotopic (exact) mass is 220 g/mol. The van der Waals surface area contributed by atoms with Crippen molar-refractivity contribution in [3.8, 4) is 0 Å². The fourth-order valence-corrected chi connectivity index (χ4v) is 1.47. The van der Waals surface area contributed by atoms with E-state index in [9.17, 15) is 4.79 Å². The highest BCUT2D eigenvalue weighted by Crippen LogP contribution is 2.07. The number of aliphatic hydroxyl groups excluding tert-OH is 1. The second-order valence-corrected chi connectivity index (χ2v) is 9.91. The Morgan fingerprint density at radius 2 is 2.00 bits per heavy atom. The maximum atomic E-state index is 11.0. The van der Waals surface area contributed by atoms with E-state index in [1.54, 1.807) is 6.92 Å². The van der Waals surface area contributed by atoms with Gasteiger partial charge < -0.3 is 14.6 Å². The molecule has 1 unspecified atom stereocenters. The van der Waals surface area contributed by atoms with Crippen LogP contribution in [0.2, 0.25) is 25.7 Å². The van der Waals surface area contributed by atoms with Gasteiger partial charge in [0.1, 0.15) is 0 Å². The molecule has 0 amide bonds. The number of carbonyl (C=O) groups is 1. The number of hydrogen-bond donors (Lipinski definition) is 1. The molecule has 0 aliphatic carbocycles. The first-order chi connectivity index (χ1) is 6.37. The zero-order valence-electron chi connectivity index (χ0n) is 9.37. The summed E-state index contributed by atoms with van der Waals surface area (Å²) < 4.78 is 9.53. The lowest BCUT2D eigenvalue weighted by molar-refractivity contribution is -0.181. The average molecular weight is 220 g/mol. The van der Waals surface area contributed by atoms with Crippen molar-refractivity contribution < 1.29 is 19.4 Å². The summed E-state index contributed by atoms with van der Waals surface area (Å²) in [6.45, 7) is 8.96. The molecule has 0 saturated heterocycles. The number of carbonyl (C=O) groups excluding carboxylic acids is 1. The largest absolute Gasteiger partial charge is 0.462 e. The Bertz CT molecular complexity index is 176. The fraction of sp³-hybridized carbons (Fsp3) is 0.889. The molecule has 0 aliphatic rings. The summed E-state index contributed by atoms with van der Waals surface area (Å²) in [6.07, 6.45) is -1.43. The first kappa shape index (κ1) is 13.6. The predicted molar refractivity (Wildman–Crippen MR) is 56.7 cm³/mol. The molecule has 0 heterocycles. The van der Waals surface area contributed by atoms with E-state index in [0.717, 1.165) is 6.04 Å². The molecule has 1 atom stereocenters. The van der Waals surface area contributed by atoms with Crippen molar-refractivity contribution >= 4 is 14.0 Å². The van der Waals surface area contributed by atoms with Crippen molar-refractivity contribution in [1.82, 2.24) is 0 Å². The van der Waals surface area contributed by atoms with Gasteiger partial charge in [0, 0.05) is 14.7 Å². The van der Waals surface area contributed by atoms with E-state index in [1.807, 2.05) is 0 Å². The van der Waals surface area contributed by atoms with Gasteiger partial charge in [-0.1, -0.05) is 19.6 Å². The lowest BCUT2D eigenvalue weighted by atomic mass is 10.6. The van der Waals surface area contributed by atoms with E-state index in [2.05, 4.69) is 24.4 Å². The highest BCUT2D eigenvalue weighted by atomic mass is 28.3. The molecule has 0 fully saturated rings. The van der Waals surface area contributed by atoms with Crippen molar-refractivity contribution in [2.45, 2.75) is 38.9 Å². The van der Waals surface area contributed by atoms with Crippen LogP contribution >= 0.6 is 0 Å². The predicted octanol–water partition coefficient (Wildman–Crippen LogP) is 1.22. The van der Waals surface area contributed by atoms with E-state index in [1.165, 1.54) is 0 Å². The minimum atomic E-state index is -1.43. The van der Waals surface area contributed by atoms with Crippen LogP contribution in [0, 0.1) is 0 Å². The lowest BCUT2D eigenvalue weighted by Gasteiger charge is -2.16. The van der Waals surface area contributed by atoms with Crippen LogP contribution in [0.5, 0.6) is 0 Å². The van der Waals surface area contributed by atoms with Gasteiger partial charge in [0.05, 0.1) is 6.61 Å². The van der Waals surface area contributed by atoms with Crippen LogP contribution in [0.1, 0.15) is 6.92 Å². The number of aliphatic hydroxyl groups is 1. The van der Waals surface area contributed by atoms with Gasteiger partial charge in [-0.25, -0.2) is 4.79 Å². The summed E-state index contributed by atoms with van der Waals surface area (Å²) in [7, 11) is -1.18. The Kier molecular flexibility index (Phi) is 5.99. The summed E-state index contributed by atoms with van der Waals surface area (Å²) in [6, 6.07) is 0.900. The first-order valence-corrected chi connectivity index (χ1v) is 8.54. The molecule has 0 saturated carbocycles. The molecule has 0 bridgehead atoms. The van der Waals surface area contributed by atoms with Gasteiger partial charge >= 0.3 is 5.97 Å². The highest BCUT2D eigenvalue weighted by molar-refractivity contribution is 6.76. The van der Waals surface area contributed by atoms with Crippen LogP contribution in [0.25, 0.3) is 0 Å². The summed E-state index contributed by atoms with van der Waals surface area (Å²) in [5, 5.41) is 9.06. The molecule has 0 radical (unpaired) electrons. The SMILES string of the molecule is CCOC(O)C(=O)OCC[Si](C)(C)C.